The molecule has 0 aliphatic rings. The summed E-state index contributed by atoms with van der Waals surface area (Å²) in [5.74, 6) is -1.11. The van der Waals surface area contributed by atoms with Crippen molar-refractivity contribution in [3.05, 3.63) is 96.5 Å². The van der Waals surface area contributed by atoms with Gasteiger partial charge in [-0.3, -0.25) is 18.7 Å². The highest BCUT2D eigenvalue weighted by Crippen LogP contribution is 2.31. The SMILES string of the molecule is CC(C)(Cn1c(=O)cc(Nc2cccc(C(F)(F)F)c2)n(Cc2ccc(Cl)cc2)c1=O)C(=O)N=O. The van der Waals surface area contributed by atoms with Crippen molar-refractivity contribution in [1.29, 1.82) is 0 Å². The molecule has 1 heterocycles. The second kappa shape index (κ2) is 9.87. The van der Waals surface area contributed by atoms with Crippen LogP contribution in [0.4, 0.5) is 24.7 Å². The van der Waals surface area contributed by atoms with E-state index in [0.29, 0.717) is 10.6 Å². The molecule has 0 fully saturated rings. The standard InChI is InChI=1S/C23H20ClF3N4O4/c1-22(2,20(33)29-35)13-31-19(32)11-18(28-17-5-3-4-15(10-17)23(25,26)27)30(21(31)34)12-14-6-8-16(24)9-7-14/h3-11,28H,12-13H2,1-2H3. The summed E-state index contributed by atoms with van der Waals surface area (Å²) in [7, 11) is 0. The Morgan fingerprint density at radius 3 is 2.29 bits per heavy atom. The number of amides is 1. The van der Waals surface area contributed by atoms with Crippen molar-refractivity contribution in [2.75, 3.05) is 5.32 Å². The minimum absolute atomic E-state index is 0.00175. The van der Waals surface area contributed by atoms with E-state index in [9.17, 15) is 32.5 Å². The number of halogens is 4. The van der Waals surface area contributed by atoms with Gasteiger partial charge in [-0.1, -0.05) is 29.8 Å². The number of rotatable bonds is 7. The molecule has 35 heavy (non-hydrogen) atoms. The van der Waals surface area contributed by atoms with Gasteiger partial charge >= 0.3 is 11.9 Å². The number of nitroso groups, excluding NO2 is 1. The quantitative estimate of drug-likeness (QED) is 0.462. The lowest BCUT2D eigenvalue weighted by Gasteiger charge is -2.22. The van der Waals surface area contributed by atoms with Crippen molar-refractivity contribution >= 4 is 29.0 Å². The Hall–Kier alpha value is -3.73. The van der Waals surface area contributed by atoms with Gasteiger partial charge < -0.3 is 5.32 Å². The lowest BCUT2D eigenvalue weighted by atomic mass is 9.92. The lowest BCUT2D eigenvalue weighted by Crippen LogP contribution is -2.44. The Morgan fingerprint density at radius 2 is 1.69 bits per heavy atom. The average molecular weight is 509 g/mol. The second-order valence-electron chi connectivity index (χ2n) is 8.43. The lowest BCUT2D eigenvalue weighted by molar-refractivity contribution is -0.137. The number of benzene rings is 2. The molecule has 0 atom stereocenters. The number of hydrogen-bond acceptors (Lipinski definition) is 5. The molecule has 0 radical (unpaired) electrons. The zero-order valence-corrected chi connectivity index (χ0v) is 19.4. The monoisotopic (exact) mass is 508 g/mol. The minimum atomic E-state index is -4.59. The number of alkyl halides is 3. The third-order valence-corrected chi connectivity index (χ3v) is 5.46. The molecule has 3 rings (SSSR count). The van der Waals surface area contributed by atoms with Gasteiger partial charge in [-0.15, -0.1) is 4.91 Å². The Labute approximate surface area is 201 Å². The number of aromatic nitrogens is 2. The molecule has 3 aromatic rings. The highest BCUT2D eigenvalue weighted by Gasteiger charge is 2.32. The van der Waals surface area contributed by atoms with E-state index in [-0.39, 0.29) is 18.1 Å². The van der Waals surface area contributed by atoms with E-state index in [1.165, 1.54) is 26.0 Å². The fourth-order valence-corrected chi connectivity index (χ4v) is 3.42. The maximum absolute atomic E-state index is 13.3. The average Bonchev–Trinajstić information content (AvgIpc) is 2.79. The summed E-state index contributed by atoms with van der Waals surface area (Å²) in [5.41, 5.74) is -3.40. The fourth-order valence-electron chi connectivity index (χ4n) is 3.30. The molecule has 0 saturated heterocycles. The van der Waals surface area contributed by atoms with Crippen LogP contribution < -0.4 is 16.6 Å². The molecule has 0 saturated carbocycles. The molecule has 184 valence electrons. The van der Waals surface area contributed by atoms with Gasteiger partial charge in [0.25, 0.3) is 11.5 Å². The van der Waals surface area contributed by atoms with E-state index in [2.05, 4.69) is 10.5 Å². The predicted octanol–water partition coefficient (Wildman–Crippen LogP) is 4.79. The van der Waals surface area contributed by atoms with Gasteiger partial charge in [-0.05, 0) is 49.7 Å². The van der Waals surface area contributed by atoms with Crippen LogP contribution >= 0.6 is 11.6 Å². The van der Waals surface area contributed by atoms with Crippen molar-refractivity contribution in [1.82, 2.24) is 9.13 Å². The normalized spacial score (nSPS) is 11.8. The molecule has 12 heteroatoms. The third kappa shape index (κ3) is 6.04. The zero-order valence-electron chi connectivity index (χ0n) is 18.6. The van der Waals surface area contributed by atoms with Gasteiger partial charge in [-0.25, -0.2) is 4.79 Å². The number of carbonyl (C=O) groups is 1. The molecule has 0 aliphatic carbocycles. The van der Waals surface area contributed by atoms with Gasteiger partial charge in [0.05, 0.1) is 17.5 Å². The molecule has 1 amide bonds. The largest absolute Gasteiger partial charge is 0.416 e. The minimum Gasteiger partial charge on any atom is -0.341 e. The van der Waals surface area contributed by atoms with Crippen molar-refractivity contribution in [2.45, 2.75) is 33.1 Å². The number of nitrogens with zero attached hydrogens (tertiary/aromatic N) is 3. The van der Waals surface area contributed by atoms with E-state index in [1.807, 2.05) is 0 Å². The first-order valence-electron chi connectivity index (χ1n) is 10.2. The zero-order chi connectivity index (χ0) is 26.0. The van der Waals surface area contributed by atoms with Crippen molar-refractivity contribution in [3.63, 3.8) is 0 Å². The molecule has 0 bridgehead atoms. The summed E-state index contributed by atoms with van der Waals surface area (Å²) < 4.78 is 41.3. The van der Waals surface area contributed by atoms with Gasteiger partial charge in [0, 0.05) is 28.5 Å². The summed E-state index contributed by atoms with van der Waals surface area (Å²) in [6, 6.07) is 11.8. The number of nitrogens with one attached hydrogen (secondary N) is 1. The van der Waals surface area contributed by atoms with Gasteiger partial charge in [-0.2, -0.15) is 13.2 Å². The van der Waals surface area contributed by atoms with Crippen LogP contribution in [-0.4, -0.2) is 15.0 Å². The molecule has 2 aromatic carbocycles. The van der Waals surface area contributed by atoms with Crippen LogP contribution in [-0.2, 0) is 24.1 Å². The molecule has 8 nitrogen and oxygen atoms in total. The summed E-state index contributed by atoms with van der Waals surface area (Å²) in [4.78, 5) is 48.8. The summed E-state index contributed by atoms with van der Waals surface area (Å²) >= 11 is 5.91. The van der Waals surface area contributed by atoms with Gasteiger partial charge in [0.15, 0.2) is 0 Å². The maximum Gasteiger partial charge on any atom is 0.416 e. The number of carbonyl (C=O) groups excluding carboxylic acids is 1. The predicted molar refractivity (Wildman–Crippen MR) is 125 cm³/mol. The molecular formula is C23H20ClF3N4O4. The highest BCUT2D eigenvalue weighted by molar-refractivity contribution is 6.30. The van der Waals surface area contributed by atoms with Crippen LogP contribution in [0, 0.1) is 10.3 Å². The van der Waals surface area contributed by atoms with Crippen molar-refractivity contribution in [2.24, 2.45) is 10.6 Å². The van der Waals surface area contributed by atoms with Crippen LogP contribution in [0.3, 0.4) is 0 Å². The van der Waals surface area contributed by atoms with Crippen LogP contribution in [0.5, 0.6) is 0 Å². The Bertz CT molecular complexity index is 1380. The molecule has 0 spiro atoms. The van der Waals surface area contributed by atoms with Crippen LogP contribution in [0.1, 0.15) is 25.0 Å². The topological polar surface area (TPSA) is 103 Å². The highest BCUT2D eigenvalue weighted by atomic mass is 35.5. The molecule has 0 unspecified atom stereocenters. The summed E-state index contributed by atoms with van der Waals surface area (Å²) in [6.45, 7) is 2.22. The van der Waals surface area contributed by atoms with Crippen molar-refractivity contribution < 1.29 is 18.0 Å². The Balaban J connectivity index is 2.13. The molecular weight excluding hydrogens is 489 g/mol. The van der Waals surface area contributed by atoms with Gasteiger partial charge in [0.1, 0.15) is 5.82 Å². The van der Waals surface area contributed by atoms with E-state index in [1.54, 1.807) is 24.3 Å². The third-order valence-electron chi connectivity index (χ3n) is 5.21. The van der Waals surface area contributed by atoms with Crippen molar-refractivity contribution in [3.8, 4) is 0 Å². The van der Waals surface area contributed by atoms with Crippen LogP contribution in [0.2, 0.25) is 5.02 Å². The maximum atomic E-state index is 13.3. The summed E-state index contributed by atoms with van der Waals surface area (Å²) in [6.07, 6.45) is -4.59. The first-order valence-corrected chi connectivity index (χ1v) is 10.6. The second-order valence-corrected chi connectivity index (χ2v) is 8.87. The molecule has 0 aliphatic heterocycles. The molecule has 1 N–H and O–H groups in total. The van der Waals surface area contributed by atoms with E-state index < -0.39 is 40.9 Å². The van der Waals surface area contributed by atoms with E-state index in [0.717, 1.165) is 27.3 Å². The first-order chi connectivity index (χ1) is 16.3. The Kier molecular flexibility index (Phi) is 7.30. The fraction of sp³-hybridized carbons (Fsp3) is 0.261. The van der Waals surface area contributed by atoms with Crippen LogP contribution in [0.25, 0.3) is 0 Å². The number of hydrogen-bond donors (Lipinski definition) is 1. The van der Waals surface area contributed by atoms with E-state index in [4.69, 9.17) is 11.6 Å². The number of anilines is 2. The first kappa shape index (κ1) is 25.9. The summed E-state index contributed by atoms with van der Waals surface area (Å²) in [5, 5.41) is 5.55. The smallest absolute Gasteiger partial charge is 0.341 e. The molecule has 1 aromatic heterocycles. The Morgan fingerprint density at radius 1 is 1.03 bits per heavy atom. The van der Waals surface area contributed by atoms with Gasteiger partial charge in [0.2, 0.25) is 0 Å². The van der Waals surface area contributed by atoms with E-state index >= 15 is 0 Å². The van der Waals surface area contributed by atoms with Crippen LogP contribution in [0.15, 0.2) is 69.4 Å².